The molecular formula is C13H9Cl2F. The summed E-state index contributed by atoms with van der Waals surface area (Å²) in [4.78, 5) is -0.657. The smallest absolute Gasteiger partial charge is 0.133 e. The van der Waals surface area contributed by atoms with E-state index in [1.54, 1.807) is 24.3 Å². The number of alkyl halides is 2. The van der Waals surface area contributed by atoms with E-state index in [-0.39, 0.29) is 5.82 Å². The summed E-state index contributed by atoms with van der Waals surface area (Å²) in [5, 5.41) is 0. The molecule has 0 spiro atoms. The van der Waals surface area contributed by atoms with Crippen LogP contribution in [0.1, 0.15) is 10.4 Å². The molecule has 0 N–H and O–H groups in total. The molecule has 0 saturated carbocycles. The first-order chi connectivity index (χ1) is 7.70. The molecule has 3 heteroatoms. The standard InChI is InChI=1S/C13H9Cl2F/c14-13(15)11-7-2-1-5-9(11)10-6-3-4-8-12(10)16/h1-8,13H. The van der Waals surface area contributed by atoms with Crippen LogP contribution in [-0.4, -0.2) is 0 Å². The van der Waals surface area contributed by atoms with Gasteiger partial charge in [-0.1, -0.05) is 42.5 Å². The van der Waals surface area contributed by atoms with Crippen molar-refractivity contribution >= 4 is 23.2 Å². The summed E-state index contributed by atoms with van der Waals surface area (Å²) in [6.45, 7) is 0. The van der Waals surface area contributed by atoms with Gasteiger partial charge in [-0.15, -0.1) is 23.2 Å². The monoisotopic (exact) mass is 254 g/mol. The molecule has 0 aliphatic heterocycles. The van der Waals surface area contributed by atoms with Gasteiger partial charge in [0.1, 0.15) is 10.7 Å². The number of rotatable bonds is 2. The Morgan fingerprint density at radius 2 is 1.38 bits per heavy atom. The van der Waals surface area contributed by atoms with E-state index in [2.05, 4.69) is 0 Å². The van der Waals surface area contributed by atoms with E-state index in [1.165, 1.54) is 6.07 Å². The molecule has 82 valence electrons. The fraction of sp³-hybridized carbons (Fsp3) is 0.0769. The van der Waals surface area contributed by atoms with Crippen molar-refractivity contribution in [3.05, 3.63) is 59.9 Å². The molecule has 0 aromatic heterocycles. The van der Waals surface area contributed by atoms with Gasteiger partial charge in [-0.2, -0.15) is 0 Å². The molecular weight excluding hydrogens is 246 g/mol. The van der Waals surface area contributed by atoms with E-state index < -0.39 is 4.84 Å². The van der Waals surface area contributed by atoms with Gasteiger partial charge in [0.15, 0.2) is 0 Å². The van der Waals surface area contributed by atoms with Gasteiger partial charge in [-0.05, 0) is 17.2 Å². The summed E-state index contributed by atoms with van der Waals surface area (Å²) in [6, 6.07) is 13.8. The Morgan fingerprint density at radius 3 is 2.00 bits per heavy atom. The highest BCUT2D eigenvalue weighted by Crippen LogP contribution is 2.34. The second kappa shape index (κ2) is 4.86. The lowest BCUT2D eigenvalue weighted by molar-refractivity contribution is 0.631. The highest BCUT2D eigenvalue weighted by molar-refractivity contribution is 6.44. The third-order valence-electron chi connectivity index (χ3n) is 2.36. The van der Waals surface area contributed by atoms with E-state index in [0.717, 1.165) is 11.1 Å². The van der Waals surface area contributed by atoms with Crippen LogP contribution in [0.4, 0.5) is 4.39 Å². The maximum absolute atomic E-state index is 13.6. The Labute approximate surface area is 104 Å². The van der Waals surface area contributed by atoms with E-state index in [9.17, 15) is 4.39 Å². The third kappa shape index (κ3) is 2.21. The summed E-state index contributed by atoms with van der Waals surface area (Å²) in [7, 11) is 0. The average molecular weight is 255 g/mol. The molecule has 0 atom stereocenters. The fourth-order valence-corrected chi connectivity index (χ4v) is 1.99. The molecule has 16 heavy (non-hydrogen) atoms. The predicted molar refractivity (Wildman–Crippen MR) is 66.3 cm³/mol. The van der Waals surface area contributed by atoms with Gasteiger partial charge in [0.05, 0.1) is 0 Å². The minimum absolute atomic E-state index is 0.274. The Balaban J connectivity index is 2.60. The van der Waals surface area contributed by atoms with E-state index in [0.29, 0.717) is 5.56 Å². The zero-order valence-corrected chi connectivity index (χ0v) is 9.84. The third-order valence-corrected chi connectivity index (χ3v) is 2.83. The van der Waals surface area contributed by atoms with Crippen LogP contribution in [0.5, 0.6) is 0 Å². The van der Waals surface area contributed by atoms with Crippen molar-refractivity contribution in [2.75, 3.05) is 0 Å². The van der Waals surface area contributed by atoms with Crippen LogP contribution in [0.25, 0.3) is 11.1 Å². The number of hydrogen-bond donors (Lipinski definition) is 0. The average Bonchev–Trinajstić information content (AvgIpc) is 2.29. The summed E-state index contributed by atoms with van der Waals surface area (Å²) < 4.78 is 13.6. The van der Waals surface area contributed by atoms with Crippen molar-refractivity contribution in [2.24, 2.45) is 0 Å². The Kier molecular flexibility index (Phi) is 3.47. The lowest BCUT2D eigenvalue weighted by Crippen LogP contribution is -1.90. The SMILES string of the molecule is Fc1ccccc1-c1ccccc1C(Cl)Cl. The molecule has 2 rings (SSSR count). The molecule has 0 fully saturated rings. The van der Waals surface area contributed by atoms with E-state index in [1.807, 2.05) is 18.2 Å². The summed E-state index contributed by atoms with van der Waals surface area (Å²) >= 11 is 11.7. The van der Waals surface area contributed by atoms with Gasteiger partial charge < -0.3 is 0 Å². The number of benzene rings is 2. The maximum atomic E-state index is 13.6. The molecule has 0 aliphatic carbocycles. The van der Waals surface area contributed by atoms with Crippen LogP contribution in [-0.2, 0) is 0 Å². The van der Waals surface area contributed by atoms with Gasteiger partial charge in [0, 0.05) is 5.56 Å². The van der Waals surface area contributed by atoms with Crippen molar-refractivity contribution in [3.63, 3.8) is 0 Å². The molecule has 0 nitrogen and oxygen atoms in total. The van der Waals surface area contributed by atoms with Gasteiger partial charge in [-0.25, -0.2) is 4.39 Å². The van der Waals surface area contributed by atoms with E-state index >= 15 is 0 Å². The highest BCUT2D eigenvalue weighted by atomic mass is 35.5. The largest absolute Gasteiger partial charge is 0.206 e. The molecule has 0 radical (unpaired) electrons. The van der Waals surface area contributed by atoms with Crippen molar-refractivity contribution in [2.45, 2.75) is 4.84 Å². The van der Waals surface area contributed by atoms with Gasteiger partial charge >= 0.3 is 0 Å². The highest BCUT2D eigenvalue weighted by Gasteiger charge is 2.12. The zero-order valence-electron chi connectivity index (χ0n) is 8.33. The Bertz CT molecular complexity index is 495. The van der Waals surface area contributed by atoms with Crippen LogP contribution in [0, 0.1) is 5.82 Å². The van der Waals surface area contributed by atoms with Crippen molar-refractivity contribution < 1.29 is 4.39 Å². The van der Waals surface area contributed by atoms with Crippen LogP contribution >= 0.6 is 23.2 Å². The summed E-state index contributed by atoms with van der Waals surface area (Å²) in [5.41, 5.74) is 1.97. The molecule has 0 saturated heterocycles. The second-order valence-electron chi connectivity index (χ2n) is 3.37. The van der Waals surface area contributed by atoms with Crippen molar-refractivity contribution in [1.29, 1.82) is 0 Å². The minimum Gasteiger partial charge on any atom is -0.206 e. The summed E-state index contributed by atoms with van der Waals surface area (Å²) in [6.07, 6.45) is 0. The first-order valence-electron chi connectivity index (χ1n) is 4.82. The lowest BCUT2D eigenvalue weighted by Gasteiger charge is -2.10. The zero-order chi connectivity index (χ0) is 11.5. The second-order valence-corrected chi connectivity index (χ2v) is 4.46. The fourth-order valence-electron chi connectivity index (χ4n) is 1.61. The Morgan fingerprint density at radius 1 is 0.812 bits per heavy atom. The van der Waals surface area contributed by atoms with Crippen LogP contribution in [0.15, 0.2) is 48.5 Å². The molecule has 2 aromatic rings. The van der Waals surface area contributed by atoms with Crippen LogP contribution in [0.3, 0.4) is 0 Å². The van der Waals surface area contributed by atoms with Crippen LogP contribution < -0.4 is 0 Å². The van der Waals surface area contributed by atoms with E-state index in [4.69, 9.17) is 23.2 Å². The summed E-state index contributed by atoms with van der Waals surface area (Å²) in [5.74, 6) is -0.274. The normalized spacial score (nSPS) is 10.8. The first-order valence-corrected chi connectivity index (χ1v) is 5.69. The van der Waals surface area contributed by atoms with Gasteiger partial charge in [-0.3, -0.25) is 0 Å². The first kappa shape index (κ1) is 11.4. The molecule has 0 bridgehead atoms. The quantitative estimate of drug-likeness (QED) is 0.664. The van der Waals surface area contributed by atoms with Gasteiger partial charge in [0.2, 0.25) is 0 Å². The lowest BCUT2D eigenvalue weighted by atomic mass is 10.0. The topological polar surface area (TPSA) is 0 Å². The molecule has 0 amide bonds. The minimum atomic E-state index is -0.657. The molecule has 2 aromatic carbocycles. The van der Waals surface area contributed by atoms with Crippen molar-refractivity contribution in [3.8, 4) is 11.1 Å². The molecule has 0 aliphatic rings. The predicted octanol–water partition coefficient (Wildman–Crippen LogP) is 4.97. The maximum Gasteiger partial charge on any atom is 0.133 e. The number of hydrogen-bond acceptors (Lipinski definition) is 0. The molecule has 0 unspecified atom stereocenters. The number of halogens is 3. The van der Waals surface area contributed by atoms with Crippen molar-refractivity contribution in [1.82, 2.24) is 0 Å². The van der Waals surface area contributed by atoms with Crippen LogP contribution in [0.2, 0.25) is 0 Å². The van der Waals surface area contributed by atoms with Gasteiger partial charge in [0.25, 0.3) is 0 Å². The molecule has 0 heterocycles. The Hall–Kier alpha value is -1.05.